The lowest BCUT2D eigenvalue weighted by Crippen LogP contribution is -2.24. The molecule has 14 heavy (non-hydrogen) atoms. The molecule has 0 spiro atoms. The van der Waals surface area contributed by atoms with Gasteiger partial charge in [-0.25, -0.2) is 0 Å². The molecule has 0 fully saturated rings. The number of rotatable bonds is 4. The first-order chi connectivity index (χ1) is 6.24. The van der Waals surface area contributed by atoms with E-state index in [0.717, 1.165) is 6.54 Å². The molecule has 1 rings (SSSR count). The fraction of sp³-hybridized carbons (Fsp3) is 0.500. The quantitative estimate of drug-likeness (QED) is 0.810. The van der Waals surface area contributed by atoms with Crippen LogP contribution >= 0.6 is 12.4 Å². The number of hydrogen-bond acceptors (Lipinski definition) is 1. The molecule has 0 aliphatic rings. The van der Waals surface area contributed by atoms with Gasteiger partial charge >= 0.3 is 0 Å². The Bertz CT molecular complexity index is 260. The number of hydrogen-bond donors (Lipinski definition) is 1. The van der Waals surface area contributed by atoms with Gasteiger partial charge in [-0.1, -0.05) is 31.2 Å². The zero-order valence-corrected chi connectivity index (χ0v) is 10.0. The van der Waals surface area contributed by atoms with E-state index in [4.69, 9.17) is 0 Å². The predicted octanol–water partition coefficient (Wildman–Crippen LogP) is 3.30. The Labute approximate surface area is 93.3 Å². The molecule has 0 heterocycles. The number of aryl methyl sites for hydroxylation is 1. The molecule has 1 aromatic rings. The summed E-state index contributed by atoms with van der Waals surface area (Å²) in [4.78, 5) is 0. The molecule has 0 saturated heterocycles. The topological polar surface area (TPSA) is 12.0 Å². The average molecular weight is 214 g/mol. The lowest BCUT2D eigenvalue weighted by molar-refractivity contribution is 0.533. The maximum atomic E-state index is 3.49. The zero-order chi connectivity index (χ0) is 9.68. The normalized spacial score (nSPS) is 11.9. The third-order valence-corrected chi connectivity index (χ3v) is 2.51. The van der Waals surface area contributed by atoms with Crippen LogP contribution in [-0.4, -0.2) is 6.04 Å². The Balaban J connectivity index is 0.00000169. The molecular weight excluding hydrogens is 194 g/mol. The summed E-state index contributed by atoms with van der Waals surface area (Å²) in [5.74, 6) is 0. The summed E-state index contributed by atoms with van der Waals surface area (Å²) in [5, 5.41) is 3.49. The largest absolute Gasteiger partial charge is 0.310 e. The van der Waals surface area contributed by atoms with Crippen LogP contribution in [0.3, 0.4) is 0 Å². The van der Waals surface area contributed by atoms with Crippen LogP contribution in [0.15, 0.2) is 24.3 Å². The predicted molar refractivity (Wildman–Crippen MR) is 65.0 cm³/mol. The standard InChI is InChI=1S/C12H19N.ClH/c1-4-11(3)13-9-12-8-6-5-7-10(12)2;/h5-8,11,13H,4,9H2,1-3H3;1H. The highest BCUT2D eigenvalue weighted by atomic mass is 35.5. The lowest BCUT2D eigenvalue weighted by Gasteiger charge is -2.12. The van der Waals surface area contributed by atoms with E-state index >= 15 is 0 Å². The van der Waals surface area contributed by atoms with Gasteiger partial charge in [-0.15, -0.1) is 12.4 Å². The van der Waals surface area contributed by atoms with E-state index in [-0.39, 0.29) is 12.4 Å². The molecule has 0 aliphatic heterocycles. The zero-order valence-electron chi connectivity index (χ0n) is 9.21. The van der Waals surface area contributed by atoms with Gasteiger partial charge in [0.2, 0.25) is 0 Å². The van der Waals surface area contributed by atoms with Gasteiger partial charge < -0.3 is 5.32 Å². The molecule has 80 valence electrons. The molecule has 1 atom stereocenters. The van der Waals surface area contributed by atoms with E-state index in [1.807, 2.05) is 0 Å². The smallest absolute Gasteiger partial charge is 0.0210 e. The van der Waals surface area contributed by atoms with E-state index in [2.05, 4.69) is 50.4 Å². The van der Waals surface area contributed by atoms with E-state index in [0.29, 0.717) is 6.04 Å². The van der Waals surface area contributed by atoms with Crippen LogP contribution in [-0.2, 0) is 6.54 Å². The van der Waals surface area contributed by atoms with Crippen molar-refractivity contribution < 1.29 is 0 Å². The molecule has 0 aliphatic carbocycles. The number of nitrogens with one attached hydrogen (secondary N) is 1. The van der Waals surface area contributed by atoms with Gasteiger partial charge in [-0.3, -0.25) is 0 Å². The van der Waals surface area contributed by atoms with Crippen LogP contribution in [0.5, 0.6) is 0 Å². The summed E-state index contributed by atoms with van der Waals surface area (Å²) in [7, 11) is 0. The molecule has 0 aromatic heterocycles. The Kier molecular flexibility index (Phi) is 6.60. The first-order valence-corrected chi connectivity index (χ1v) is 5.02. The molecular formula is C12H20ClN. The van der Waals surface area contributed by atoms with Crippen LogP contribution in [0.2, 0.25) is 0 Å². The minimum atomic E-state index is 0. The molecule has 0 bridgehead atoms. The number of halogens is 1. The van der Waals surface area contributed by atoms with Crippen molar-refractivity contribution in [3.05, 3.63) is 35.4 Å². The van der Waals surface area contributed by atoms with Gasteiger partial charge in [0, 0.05) is 12.6 Å². The second kappa shape index (κ2) is 6.86. The van der Waals surface area contributed by atoms with Gasteiger partial charge in [-0.05, 0) is 31.4 Å². The van der Waals surface area contributed by atoms with Crippen LogP contribution in [0, 0.1) is 6.92 Å². The van der Waals surface area contributed by atoms with Crippen molar-refractivity contribution in [3.63, 3.8) is 0 Å². The van der Waals surface area contributed by atoms with E-state index in [1.54, 1.807) is 0 Å². The summed E-state index contributed by atoms with van der Waals surface area (Å²) in [6.45, 7) is 7.57. The Hall–Kier alpha value is -0.530. The molecule has 1 N–H and O–H groups in total. The van der Waals surface area contributed by atoms with Crippen LogP contribution in [0.4, 0.5) is 0 Å². The molecule has 0 radical (unpaired) electrons. The van der Waals surface area contributed by atoms with E-state index < -0.39 is 0 Å². The van der Waals surface area contributed by atoms with Gasteiger partial charge in [0.1, 0.15) is 0 Å². The molecule has 1 unspecified atom stereocenters. The second-order valence-corrected chi connectivity index (χ2v) is 3.62. The highest BCUT2D eigenvalue weighted by molar-refractivity contribution is 5.85. The van der Waals surface area contributed by atoms with Crippen molar-refractivity contribution in [1.29, 1.82) is 0 Å². The van der Waals surface area contributed by atoms with Crippen molar-refractivity contribution in [3.8, 4) is 0 Å². The van der Waals surface area contributed by atoms with Crippen molar-refractivity contribution in [2.75, 3.05) is 0 Å². The van der Waals surface area contributed by atoms with Gasteiger partial charge in [0.05, 0.1) is 0 Å². The minimum absolute atomic E-state index is 0. The Morgan fingerprint density at radius 2 is 1.93 bits per heavy atom. The summed E-state index contributed by atoms with van der Waals surface area (Å²) in [5.41, 5.74) is 2.78. The Morgan fingerprint density at radius 3 is 2.50 bits per heavy atom. The first-order valence-electron chi connectivity index (χ1n) is 5.02. The molecule has 0 amide bonds. The van der Waals surface area contributed by atoms with Gasteiger partial charge in [0.25, 0.3) is 0 Å². The van der Waals surface area contributed by atoms with Crippen molar-refractivity contribution in [2.24, 2.45) is 0 Å². The second-order valence-electron chi connectivity index (χ2n) is 3.62. The maximum absolute atomic E-state index is 3.49. The van der Waals surface area contributed by atoms with Crippen molar-refractivity contribution in [2.45, 2.75) is 39.8 Å². The third kappa shape index (κ3) is 4.12. The lowest BCUT2D eigenvalue weighted by atomic mass is 10.1. The van der Waals surface area contributed by atoms with Gasteiger partial charge in [0.15, 0.2) is 0 Å². The highest BCUT2D eigenvalue weighted by Gasteiger charge is 1.99. The molecule has 2 heteroatoms. The third-order valence-electron chi connectivity index (χ3n) is 2.51. The van der Waals surface area contributed by atoms with Crippen molar-refractivity contribution in [1.82, 2.24) is 5.32 Å². The first kappa shape index (κ1) is 13.5. The van der Waals surface area contributed by atoms with Crippen molar-refractivity contribution >= 4 is 12.4 Å². The average Bonchev–Trinajstić information content (AvgIpc) is 2.16. The fourth-order valence-electron chi connectivity index (χ4n) is 1.24. The van der Waals surface area contributed by atoms with E-state index in [9.17, 15) is 0 Å². The summed E-state index contributed by atoms with van der Waals surface area (Å²) >= 11 is 0. The summed E-state index contributed by atoms with van der Waals surface area (Å²) < 4.78 is 0. The molecule has 1 nitrogen and oxygen atoms in total. The monoisotopic (exact) mass is 213 g/mol. The fourth-order valence-corrected chi connectivity index (χ4v) is 1.24. The Morgan fingerprint density at radius 1 is 1.29 bits per heavy atom. The van der Waals surface area contributed by atoms with E-state index in [1.165, 1.54) is 17.5 Å². The van der Waals surface area contributed by atoms with Crippen LogP contribution in [0.1, 0.15) is 31.4 Å². The SMILES string of the molecule is CCC(C)NCc1ccccc1C.Cl. The molecule has 1 aromatic carbocycles. The summed E-state index contributed by atoms with van der Waals surface area (Å²) in [6, 6.07) is 9.14. The van der Waals surface area contributed by atoms with Crippen LogP contribution in [0.25, 0.3) is 0 Å². The van der Waals surface area contributed by atoms with Gasteiger partial charge in [-0.2, -0.15) is 0 Å². The highest BCUT2D eigenvalue weighted by Crippen LogP contribution is 2.06. The summed E-state index contributed by atoms with van der Waals surface area (Å²) in [6.07, 6.45) is 1.19. The van der Waals surface area contributed by atoms with Crippen LogP contribution < -0.4 is 5.32 Å². The number of benzene rings is 1. The minimum Gasteiger partial charge on any atom is -0.310 e. The molecule has 0 saturated carbocycles. The maximum Gasteiger partial charge on any atom is 0.0210 e.